The summed E-state index contributed by atoms with van der Waals surface area (Å²) in [6, 6.07) is 4.40. The quantitative estimate of drug-likeness (QED) is 0.735. The van der Waals surface area contributed by atoms with E-state index in [1.54, 1.807) is 29.8 Å². The van der Waals surface area contributed by atoms with E-state index in [-0.39, 0.29) is 12.1 Å². The standard InChI is InChI=1S/C19H19Cl2F2N5O2/c1-18(8-19(22,23)9-18)25-17(30)27-4-5-28-13(7-27)14(16(24)29)15(26-28)10-2-3-11(20)12(21)6-10/h2-3,6H,4-5,7-9H2,1H3,(H2,24,29)(H,25,30). The summed E-state index contributed by atoms with van der Waals surface area (Å²) in [4.78, 5) is 26.3. The Morgan fingerprint density at radius 1 is 1.20 bits per heavy atom. The van der Waals surface area contributed by atoms with Gasteiger partial charge in [0.15, 0.2) is 0 Å². The first-order chi connectivity index (χ1) is 14.0. The van der Waals surface area contributed by atoms with Crippen molar-refractivity contribution in [3.8, 4) is 11.3 Å². The largest absolute Gasteiger partial charge is 0.365 e. The number of fused-ring (bicyclic) bond motifs is 1. The normalized spacial score (nSPS) is 19.0. The number of hydrogen-bond donors (Lipinski definition) is 2. The summed E-state index contributed by atoms with van der Waals surface area (Å²) in [5.74, 6) is -3.44. The number of rotatable bonds is 3. The first-order valence-corrected chi connectivity index (χ1v) is 10.0. The van der Waals surface area contributed by atoms with Gasteiger partial charge < -0.3 is 16.0 Å². The minimum atomic E-state index is -2.75. The molecule has 11 heteroatoms. The number of amides is 3. The Morgan fingerprint density at radius 3 is 2.50 bits per heavy atom. The summed E-state index contributed by atoms with van der Waals surface area (Å²) in [5, 5.41) is 7.83. The van der Waals surface area contributed by atoms with Crippen LogP contribution in [-0.4, -0.2) is 44.6 Å². The summed E-state index contributed by atoms with van der Waals surface area (Å²) >= 11 is 12.1. The topological polar surface area (TPSA) is 93.2 Å². The molecule has 3 N–H and O–H groups in total. The lowest BCUT2D eigenvalue weighted by Gasteiger charge is -2.46. The number of primary amides is 1. The lowest BCUT2D eigenvalue weighted by atomic mass is 9.75. The van der Waals surface area contributed by atoms with E-state index in [1.165, 1.54) is 4.90 Å². The summed E-state index contributed by atoms with van der Waals surface area (Å²) in [6.45, 7) is 2.31. The SMILES string of the molecule is CC1(NC(=O)N2CCn3nc(-c4ccc(Cl)c(Cl)c4)c(C(N)=O)c3C2)CC(F)(F)C1. The number of benzene rings is 1. The summed E-state index contributed by atoms with van der Waals surface area (Å²) in [7, 11) is 0. The van der Waals surface area contributed by atoms with Crippen LogP contribution in [0.2, 0.25) is 10.0 Å². The maximum Gasteiger partial charge on any atom is 0.318 e. The molecule has 4 rings (SSSR count). The van der Waals surface area contributed by atoms with E-state index >= 15 is 0 Å². The molecule has 30 heavy (non-hydrogen) atoms. The van der Waals surface area contributed by atoms with E-state index in [0.29, 0.717) is 40.1 Å². The number of urea groups is 1. The number of alkyl halides is 2. The number of hydrogen-bond acceptors (Lipinski definition) is 3. The second-order valence-electron chi connectivity index (χ2n) is 8.01. The maximum absolute atomic E-state index is 13.2. The van der Waals surface area contributed by atoms with Crippen LogP contribution in [0, 0.1) is 0 Å². The smallest absolute Gasteiger partial charge is 0.318 e. The molecule has 3 amide bonds. The van der Waals surface area contributed by atoms with Gasteiger partial charge in [-0.1, -0.05) is 29.3 Å². The summed E-state index contributed by atoms with van der Waals surface area (Å²) in [5.41, 5.74) is 6.26. The molecule has 1 aliphatic heterocycles. The van der Waals surface area contributed by atoms with Crippen LogP contribution in [0.5, 0.6) is 0 Å². The van der Waals surface area contributed by atoms with Crippen molar-refractivity contribution in [1.29, 1.82) is 0 Å². The van der Waals surface area contributed by atoms with Crippen LogP contribution >= 0.6 is 23.2 Å². The molecule has 0 unspecified atom stereocenters. The highest BCUT2D eigenvalue weighted by atomic mass is 35.5. The monoisotopic (exact) mass is 457 g/mol. The molecule has 7 nitrogen and oxygen atoms in total. The van der Waals surface area contributed by atoms with E-state index in [9.17, 15) is 18.4 Å². The van der Waals surface area contributed by atoms with Gasteiger partial charge in [0.2, 0.25) is 0 Å². The average Bonchev–Trinajstić information content (AvgIpc) is 3.00. The highest BCUT2D eigenvalue weighted by Gasteiger charge is 2.54. The van der Waals surface area contributed by atoms with Crippen molar-refractivity contribution >= 4 is 35.1 Å². The molecule has 2 aliphatic rings. The molecule has 0 atom stereocenters. The average molecular weight is 458 g/mol. The highest BCUT2D eigenvalue weighted by Crippen LogP contribution is 2.45. The Morgan fingerprint density at radius 2 is 1.90 bits per heavy atom. The van der Waals surface area contributed by atoms with Gasteiger partial charge in [0, 0.05) is 24.9 Å². The van der Waals surface area contributed by atoms with Crippen LogP contribution in [0.25, 0.3) is 11.3 Å². The Hall–Kier alpha value is -2.39. The zero-order valence-electron chi connectivity index (χ0n) is 16.0. The maximum atomic E-state index is 13.2. The van der Waals surface area contributed by atoms with Crippen molar-refractivity contribution in [3.05, 3.63) is 39.5 Å². The van der Waals surface area contributed by atoms with Gasteiger partial charge >= 0.3 is 6.03 Å². The number of aromatic nitrogens is 2. The predicted octanol–water partition coefficient (Wildman–Crippen LogP) is 3.67. The van der Waals surface area contributed by atoms with Crippen molar-refractivity contribution in [3.63, 3.8) is 0 Å². The lowest BCUT2D eigenvalue weighted by Crippen LogP contribution is -2.62. The van der Waals surface area contributed by atoms with Crippen LogP contribution in [0.15, 0.2) is 18.2 Å². The third kappa shape index (κ3) is 3.72. The van der Waals surface area contributed by atoms with Gasteiger partial charge in [-0.2, -0.15) is 5.10 Å². The molecular weight excluding hydrogens is 439 g/mol. The molecular formula is C19H19Cl2F2N5O2. The number of nitrogens with zero attached hydrogens (tertiary/aromatic N) is 3. The molecule has 0 radical (unpaired) electrons. The van der Waals surface area contributed by atoms with Crippen molar-refractivity contribution in [2.45, 2.75) is 44.3 Å². The van der Waals surface area contributed by atoms with Crippen LogP contribution in [0.4, 0.5) is 13.6 Å². The number of carbonyl (C=O) groups is 2. The van der Waals surface area contributed by atoms with Gasteiger partial charge in [-0.15, -0.1) is 0 Å². The molecule has 0 bridgehead atoms. The van der Waals surface area contributed by atoms with Crippen LogP contribution in [-0.2, 0) is 13.1 Å². The minimum Gasteiger partial charge on any atom is -0.365 e. The Bertz CT molecular complexity index is 1050. The third-order valence-electron chi connectivity index (χ3n) is 5.41. The number of nitrogens with two attached hydrogens (primary N) is 1. The van der Waals surface area contributed by atoms with E-state index in [1.807, 2.05) is 0 Å². The van der Waals surface area contributed by atoms with Crippen LogP contribution in [0.1, 0.15) is 35.8 Å². The molecule has 1 aliphatic carbocycles. The zero-order valence-corrected chi connectivity index (χ0v) is 17.5. The lowest BCUT2D eigenvalue weighted by molar-refractivity contribution is -0.124. The van der Waals surface area contributed by atoms with Gasteiger partial charge in [-0.3, -0.25) is 9.48 Å². The number of halogens is 4. The van der Waals surface area contributed by atoms with Crippen molar-refractivity contribution in [1.82, 2.24) is 20.0 Å². The van der Waals surface area contributed by atoms with E-state index in [0.717, 1.165) is 0 Å². The molecule has 0 saturated heterocycles. The molecule has 2 heterocycles. The number of nitrogens with one attached hydrogen (secondary N) is 1. The Balaban J connectivity index is 1.60. The van der Waals surface area contributed by atoms with Crippen molar-refractivity contribution in [2.75, 3.05) is 6.54 Å². The fraction of sp³-hybridized carbons (Fsp3) is 0.421. The molecule has 0 spiro atoms. The van der Waals surface area contributed by atoms with E-state index < -0.39 is 36.2 Å². The fourth-order valence-corrected chi connectivity index (χ4v) is 4.41. The fourth-order valence-electron chi connectivity index (χ4n) is 4.11. The highest BCUT2D eigenvalue weighted by molar-refractivity contribution is 6.42. The summed E-state index contributed by atoms with van der Waals surface area (Å²) in [6.07, 6.45) is -0.795. The van der Waals surface area contributed by atoms with Crippen LogP contribution in [0.3, 0.4) is 0 Å². The molecule has 1 fully saturated rings. The first-order valence-electron chi connectivity index (χ1n) is 9.28. The first kappa shape index (κ1) is 20.9. The molecule has 1 saturated carbocycles. The van der Waals surface area contributed by atoms with Crippen LogP contribution < -0.4 is 11.1 Å². The van der Waals surface area contributed by atoms with E-state index in [4.69, 9.17) is 28.9 Å². The van der Waals surface area contributed by atoms with Crippen molar-refractivity contribution in [2.24, 2.45) is 5.73 Å². The Labute approximate surface area is 181 Å². The van der Waals surface area contributed by atoms with Gasteiger partial charge in [0.05, 0.1) is 39.9 Å². The van der Waals surface area contributed by atoms with E-state index in [2.05, 4.69) is 10.4 Å². The van der Waals surface area contributed by atoms with Gasteiger partial charge in [0.1, 0.15) is 5.69 Å². The van der Waals surface area contributed by atoms with Gasteiger partial charge in [0.25, 0.3) is 11.8 Å². The van der Waals surface area contributed by atoms with Gasteiger partial charge in [-0.05, 0) is 19.1 Å². The minimum absolute atomic E-state index is 0.0743. The predicted molar refractivity (Wildman–Crippen MR) is 108 cm³/mol. The van der Waals surface area contributed by atoms with Gasteiger partial charge in [-0.25, -0.2) is 13.6 Å². The third-order valence-corrected chi connectivity index (χ3v) is 6.15. The summed E-state index contributed by atoms with van der Waals surface area (Å²) < 4.78 is 28.1. The molecule has 2 aromatic rings. The second kappa shape index (κ2) is 7.09. The zero-order chi connectivity index (χ0) is 21.8. The molecule has 160 valence electrons. The second-order valence-corrected chi connectivity index (χ2v) is 8.82. The number of carbonyl (C=O) groups excluding carboxylic acids is 2. The Kier molecular flexibility index (Phi) is 4.93. The van der Waals surface area contributed by atoms with Crippen molar-refractivity contribution < 1.29 is 18.4 Å². The molecule has 1 aromatic heterocycles. The molecule has 1 aromatic carbocycles.